The Morgan fingerprint density at radius 3 is 2.48 bits per heavy atom. The van der Waals surface area contributed by atoms with E-state index in [0.29, 0.717) is 10.0 Å². The fourth-order valence-corrected chi connectivity index (χ4v) is 4.43. The first-order valence-corrected chi connectivity index (χ1v) is 9.10. The van der Waals surface area contributed by atoms with Gasteiger partial charge in [0.05, 0.1) is 0 Å². The number of anilines is 1. The van der Waals surface area contributed by atoms with Crippen LogP contribution < -0.4 is 4.72 Å². The molecule has 0 saturated heterocycles. The van der Waals surface area contributed by atoms with Gasteiger partial charge in [0.2, 0.25) is 5.13 Å². The first kappa shape index (κ1) is 15.9. The van der Waals surface area contributed by atoms with Gasteiger partial charge < -0.3 is 4.52 Å². The van der Waals surface area contributed by atoms with Gasteiger partial charge in [-0.25, -0.2) is 8.42 Å². The molecule has 0 aliphatic heterocycles. The monoisotopic (exact) mass is 370 g/mol. The summed E-state index contributed by atoms with van der Waals surface area (Å²) in [5.74, 6) is 0.220. The van der Waals surface area contributed by atoms with E-state index in [9.17, 15) is 8.42 Å². The Morgan fingerprint density at radius 1 is 1.17 bits per heavy atom. The standard InChI is InChI=1S/C13H11ClN4O3S2/c1-7-11(8(2)21-17-7)23(19,20)18-13-16-15-12(22-13)9-3-5-10(14)6-4-9/h3-6H,1-2H3,(H,16,18). The zero-order valence-corrected chi connectivity index (χ0v) is 14.5. The molecule has 0 bridgehead atoms. The highest BCUT2D eigenvalue weighted by Gasteiger charge is 2.25. The second-order valence-electron chi connectivity index (χ2n) is 4.68. The average Bonchev–Trinajstić information content (AvgIpc) is 3.06. The Balaban J connectivity index is 1.88. The summed E-state index contributed by atoms with van der Waals surface area (Å²) in [6, 6.07) is 7.03. The Bertz CT molecular complexity index is 929. The van der Waals surface area contributed by atoms with Crippen LogP contribution in [0.5, 0.6) is 0 Å². The molecule has 0 fully saturated rings. The molecule has 7 nitrogen and oxygen atoms in total. The molecule has 1 N–H and O–H groups in total. The molecule has 23 heavy (non-hydrogen) atoms. The van der Waals surface area contributed by atoms with Crippen LogP contribution in [0.25, 0.3) is 10.6 Å². The fraction of sp³-hybridized carbons (Fsp3) is 0.154. The number of sulfonamides is 1. The fourth-order valence-electron chi connectivity index (χ4n) is 2.00. The van der Waals surface area contributed by atoms with Crippen molar-refractivity contribution < 1.29 is 12.9 Å². The van der Waals surface area contributed by atoms with Crippen LogP contribution in [0.3, 0.4) is 0 Å². The summed E-state index contributed by atoms with van der Waals surface area (Å²) in [6.45, 7) is 3.10. The maximum absolute atomic E-state index is 12.4. The van der Waals surface area contributed by atoms with Crippen molar-refractivity contribution in [1.29, 1.82) is 0 Å². The molecule has 0 aliphatic carbocycles. The van der Waals surface area contributed by atoms with Crippen LogP contribution in [0.4, 0.5) is 5.13 Å². The average molecular weight is 371 g/mol. The number of aromatic nitrogens is 3. The van der Waals surface area contributed by atoms with E-state index in [-0.39, 0.29) is 21.5 Å². The number of hydrogen-bond donors (Lipinski definition) is 1. The number of nitrogens with one attached hydrogen (secondary N) is 1. The number of rotatable bonds is 4. The third-order valence-corrected chi connectivity index (χ3v) is 5.83. The molecule has 0 aliphatic rings. The third kappa shape index (κ3) is 3.21. The molecule has 2 aromatic heterocycles. The van der Waals surface area contributed by atoms with Crippen LogP contribution in [0, 0.1) is 13.8 Å². The molecule has 0 atom stereocenters. The van der Waals surface area contributed by atoms with Gasteiger partial charge in [0, 0.05) is 10.6 Å². The quantitative estimate of drug-likeness (QED) is 0.756. The van der Waals surface area contributed by atoms with Crippen molar-refractivity contribution in [2.45, 2.75) is 18.7 Å². The van der Waals surface area contributed by atoms with Gasteiger partial charge in [0.25, 0.3) is 10.0 Å². The van der Waals surface area contributed by atoms with E-state index in [1.807, 2.05) is 0 Å². The zero-order valence-electron chi connectivity index (χ0n) is 12.1. The molecule has 120 valence electrons. The highest BCUT2D eigenvalue weighted by molar-refractivity contribution is 7.93. The predicted octanol–water partition coefficient (Wildman–Crippen LogP) is 3.26. The van der Waals surface area contributed by atoms with Crippen LogP contribution in [-0.4, -0.2) is 23.8 Å². The summed E-state index contributed by atoms with van der Waals surface area (Å²) in [4.78, 5) is 0.0146. The van der Waals surface area contributed by atoms with Crippen LogP contribution in [0.15, 0.2) is 33.7 Å². The van der Waals surface area contributed by atoms with Gasteiger partial charge in [-0.1, -0.05) is 40.2 Å². The largest absolute Gasteiger partial charge is 0.360 e. The minimum atomic E-state index is -3.83. The molecule has 0 amide bonds. The molecule has 1 aromatic carbocycles. The van der Waals surface area contributed by atoms with Gasteiger partial charge in [0.1, 0.15) is 10.7 Å². The second-order valence-corrected chi connectivity index (χ2v) is 7.71. The summed E-state index contributed by atoms with van der Waals surface area (Å²) < 4.78 is 32.1. The van der Waals surface area contributed by atoms with E-state index in [1.54, 1.807) is 31.2 Å². The topological polar surface area (TPSA) is 98.0 Å². The van der Waals surface area contributed by atoms with Gasteiger partial charge in [-0.15, -0.1) is 10.2 Å². The molecule has 0 radical (unpaired) electrons. The molecule has 0 spiro atoms. The molecule has 0 unspecified atom stereocenters. The van der Waals surface area contributed by atoms with Crippen molar-refractivity contribution >= 4 is 38.1 Å². The maximum atomic E-state index is 12.4. The van der Waals surface area contributed by atoms with E-state index >= 15 is 0 Å². The Morgan fingerprint density at radius 2 is 1.87 bits per heavy atom. The normalized spacial score (nSPS) is 11.6. The molecule has 0 saturated carbocycles. The van der Waals surface area contributed by atoms with Crippen molar-refractivity contribution in [3.8, 4) is 10.6 Å². The Hall–Kier alpha value is -1.97. The number of nitrogens with zero attached hydrogens (tertiary/aromatic N) is 3. The molecular formula is C13H11ClN4O3S2. The first-order chi connectivity index (χ1) is 10.9. The lowest BCUT2D eigenvalue weighted by atomic mass is 10.2. The summed E-state index contributed by atoms with van der Waals surface area (Å²) in [5.41, 5.74) is 1.09. The van der Waals surface area contributed by atoms with Gasteiger partial charge in [-0.3, -0.25) is 4.72 Å². The number of halogens is 1. The van der Waals surface area contributed by atoms with Crippen LogP contribution in [0.2, 0.25) is 5.02 Å². The minimum absolute atomic E-state index is 0.0146. The summed E-state index contributed by atoms with van der Waals surface area (Å²) in [5, 5.41) is 12.8. The van der Waals surface area contributed by atoms with Gasteiger partial charge in [0.15, 0.2) is 10.7 Å². The zero-order chi connectivity index (χ0) is 16.6. The Kier molecular flexibility index (Phi) is 4.09. The Labute approximate surface area is 141 Å². The van der Waals surface area contributed by atoms with E-state index in [2.05, 4.69) is 20.1 Å². The third-order valence-electron chi connectivity index (χ3n) is 2.97. The molecular weight excluding hydrogens is 360 g/mol. The lowest BCUT2D eigenvalue weighted by Gasteiger charge is -2.02. The van der Waals surface area contributed by atoms with Gasteiger partial charge >= 0.3 is 0 Å². The maximum Gasteiger partial charge on any atom is 0.269 e. The second kappa shape index (κ2) is 5.91. The van der Waals surface area contributed by atoms with E-state index in [0.717, 1.165) is 16.9 Å². The lowest BCUT2D eigenvalue weighted by Crippen LogP contribution is -2.14. The van der Waals surface area contributed by atoms with E-state index in [1.165, 1.54) is 6.92 Å². The molecule has 10 heteroatoms. The SMILES string of the molecule is Cc1noc(C)c1S(=O)(=O)Nc1nnc(-c2ccc(Cl)cc2)s1. The van der Waals surface area contributed by atoms with Crippen molar-refractivity contribution in [2.75, 3.05) is 4.72 Å². The molecule has 3 aromatic rings. The van der Waals surface area contributed by atoms with Crippen LogP contribution in [0.1, 0.15) is 11.5 Å². The number of aryl methyl sites for hydroxylation is 2. The highest BCUT2D eigenvalue weighted by Crippen LogP contribution is 2.29. The van der Waals surface area contributed by atoms with Crippen molar-refractivity contribution in [3.05, 3.63) is 40.7 Å². The van der Waals surface area contributed by atoms with Crippen molar-refractivity contribution in [2.24, 2.45) is 0 Å². The van der Waals surface area contributed by atoms with Gasteiger partial charge in [-0.2, -0.15) is 0 Å². The van der Waals surface area contributed by atoms with Crippen LogP contribution in [-0.2, 0) is 10.0 Å². The molecule has 3 rings (SSSR count). The number of hydrogen-bond acceptors (Lipinski definition) is 7. The minimum Gasteiger partial charge on any atom is -0.360 e. The summed E-state index contributed by atoms with van der Waals surface area (Å²) in [6.07, 6.45) is 0. The van der Waals surface area contributed by atoms with Crippen LogP contribution >= 0.6 is 22.9 Å². The predicted molar refractivity (Wildman–Crippen MR) is 87.1 cm³/mol. The van der Waals surface area contributed by atoms with E-state index < -0.39 is 10.0 Å². The number of benzene rings is 1. The first-order valence-electron chi connectivity index (χ1n) is 6.42. The highest BCUT2D eigenvalue weighted by atomic mass is 35.5. The smallest absolute Gasteiger partial charge is 0.269 e. The van der Waals surface area contributed by atoms with E-state index in [4.69, 9.17) is 16.1 Å². The van der Waals surface area contributed by atoms with Crippen molar-refractivity contribution in [1.82, 2.24) is 15.4 Å². The van der Waals surface area contributed by atoms with Crippen molar-refractivity contribution in [3.63, 3.8) is 0 Å². The summed E-state index contributed by atoms with van der Waals surface area (Å²) >= 11 is 6.96. The molecule has 2 heterocycles. The summed E-state index contributed by atoms with van der Waals surface area (Å²) in [7, 11) is -3.83. The van der Waals surface area contributed by atoms with Gasteiger partial charge in [-0.05, 0) is 26.0 Å². The lowest BCUT2D eigenvalue weighted by molar-refractivity contribution is 0.390.